The molecular weight excluding hydrogens is 215 g/mol. The molecule has 0 N–H and O–H groups in total. The number of hydrogen-bond acceptors (Lipinski definition) is 2. The second-order valence-corrected chi connectivity index (χ2v) is 5.95. The molecule has 1 unspecified atom stereocenters. The summed E-state index contributed by atoms with van der Waals surface area (Å²) in [6.45, 7) is 11.1. The lowest BCUT2D eigenvalue weighted by Crippen LogP contribution is -2.50. The third-order valence-corrected chi connectivity index (χ3v) is 4.30. The molecular formula is C14H29FN2. The molecule has 1 saturated heterocycles. The van der Waals surface area contributed by atoms with Gasteiger partial charge in [-0.05, 0) is 47.1 Å². The number of piperidine rings is 1. The van der Waals surface area contributed by atoms with Crippen LogP contribution in [0.5, 0.6) is 0 Å². The van der Waals surface area contributed by atoms with Crippen LogP contribution in [0.3, 0.4) is 0 Å². The maximum Gasteiger partial charge on any atom is 0.126 e. The van der Waals surface area contributed by atoms with E-state index in [1.54, 1.807) is 0 Å². The summed E-state index contributed by atoms with van der Waals surface area (Å²) in [5, 5.41) is 0. The summed E-state index contributed by atoms with van der Waals surface area (Å²) in [5.41, 5.74) is -0.969. The molecule has 0 bridgehead atoms. The molecule has 1 atom stereocenters. The van der Waals surface area contributed by atoms with Crippen molar-refractivity contribution in [2.24, 2.45) is 0 Å². The van der Waals surface area contributed by atoms with E-state index in [2.05, 4.69) is 37.5 Å². The van der Waals surface area contributed by atoms with Crippen LogP contribution in [0.25, 0.3) is 0 Å². The van der Waals surface area contributed by atoms with Crippen molar-refractivity contribution in [3.8, 4) is 0 Å². The van der Waals surface area contributed by atoms with Crippen LogP contribution in [0.4, 0.5) is 4.39 Å². The summed E-state index contributed by atoms with van der Waals surface area (Å²) in [6, 6.07) is 1.03. The number of likely N-dealkylation sites (tertiary alicyclic amines) is 1. The van der Waals surface area contributed by atoms with E-state index in [-0.39, 0.29) is 0 Å². The van der Waals surface area contributed by atoms with Crippen molar-refractivity contribution in [3.63, 3.8) is 0 Å². The zero-order valence-corrected chi connectivity index (χ0v) is 12.2. The maximum absolute atomic E-state index is 14.7. The Balaban J connectivity index is 2.44. The Hall–Kier alpha value is -0.150. The van der Waals surface area contributed by atoms with Gasteiger partial charge in [0, 0.05) is 31.7 Å². The molecule has 0 aromatic carbocycles. The van der Waals surface area contributed by atoms with Crippen molar-refractivity contribution in [3.05, 3.63) is 0 Å². The van der Waals surface area contributed by atoms with Crippen LogP contribution in [-0.4, -0.2) is 54.2 Å². The van der Waals surface area contributed by atoms with Gasteiger partial charge < -0.3 is 9.80 Å². The van der Waals surface area contributed by atoms with Crippen molar-refractivity contribution >= 4 is 0 Å². The van der Waals surface area contributed by atoms with E-state index in [4.69, 9.17) is 0 Å². The van der Waals surface area contributed by atoms with Crippen LogP contribution in [0.1, 0.15) is 47.0 Å². The van der Waals surface area contributed by atoms with Gasteiger partial charge in [0.05, 0.1) is 0 Å². The summed E-state index contributed by atoms with van der Waals surface area (Å²) >= 11 is 0. The predicted octanol–water partition coefficient (Wildman–Crippen LogP) is 2.93. The largest absolute Gasteiger partial charge is 0.301 e. The predicted molar refractivity (Wildman–Crippen MR) is 72.2 cm³/mol. The Bertz CT molecular complexity index is 222. The van der Waals surface area contributed by atoms with Crippen LogP contribution in [0, 0.1) is 0 Å². The molecule has 0 aliphatic carbocycles. The lowest BCUT2D eigenvalue weighted by Gasteiger charge is -2.41. The van der Waals surface area contributed by atoms with Crippen LogP contribution in [-0.2, 0) is 0 Å². The first kappa shape index (κ1) is 14.9. The first-order valence-corrected chi connectivity index (χ1v) is 7.01. The van der Waals surface area contributed by atoms with Gasteiger partial charge in [-0.3, -0.25) is 0 Å². The second kappa shape index (κ2) is 6.14. The van der Waals surface area contributed by atoms with Gasteiger partial charge in [0.2, 0.25) is 0 Å². The lowest BCUT2D eigenvalue weighted by molar-refractivity contribution is 0.0133. The minimum Gasteiger partial charge on any atom is -0.301 e. The quantitative estimate of drug-likeness (QED) is 0.733. The van der Waals surface area contributed by atoms with E-state index in [0.717, 1.165) is 19.5 Å². The monoisotopic (exact) mass is 244 g/mol. The summed E-state index contributed by atoms with van der Waals surface area (Å²) in [6.07, 6.45) is 2.46. The van der Waals surface area contributed by atoms with E-state index in [0.29, 0.717) is 31.5 Å². The molecule has 1 fully saturated rings. The van der Waals surface area contributed by atoms with E-state index < -0.39 is 5.67 Å². The van der Waals surface area contributed by atoms with Gasteiger partial charge >= 0.3 is 0 Å². The molecule has 0 aromatic heterocycles. The summed E-state index contributed by atoms with van der Waals surface area (Å²) < 4.78 is 14.7. The molecule has 0 amide bonds. The molecule has 102 valence electrons. The fourth-order valence-corrected chi connectivity index (χ4v) is 2.51. The van der Waals surface area contributed by atoms with Gasteiger partial charge in [-0.15, -0.1) is 0 Å². The average Bonchev–Trinajstić information content (AvgIpc) is 2.27. The van der Waals surface area contributed by atoms with Gasteiger partial charge in [0.25, 0.3) is 0 Å². The highest BCUT2D eigenvalue weighted by Gasteiger charge is 2.36. The number of alkyl halides is 1. The molecule has 0 saturated carbocycles. The van der Waals surface area contributed by atoms with Crippen molar-refractivity contribution in [1.82, 2.24) is 9.80 Å². The van der Waals surface area contributed by atoms with Gasteiger partial charge in [-0.25, -0.2) is 4.39 Å². The van der Waals surface area contributed by atoms with Gasteiger partial charge in [-0.1, -0.05) is 6.92 Å². The average molecular weight is 244 g/mol. The molecule has 0 spiro atoms. The Morgan fingerprint density at radius 3 is 2.18 bits per heavy atom. The van der Waals surface area contributed by atoms with Crippen molar-refractivity contribution < 1.29 is 4.39 Å². The van der Waals surface area contributed by atoms with E-state index in [9.17, 15) is 4.39 Å². The van der Waals surface area contributed by atoms with Crippen LogP contribution in [0.2, 0.25) is 0 Å². The standard InChI is InChI=1S/C14H29FN2/c1-6-13(4)16(5)11-14(15)7-9-17(10-8-14)12(2)3/h12-13H,6-11H2,1-5H3. The molecule has 3 heteroatoms. The van der Waals surface area contributed by atoms with E-state index >= 15 is 0 Å². The minimum absolute atomic E-state index is 0.478. The number of rotatable bonds is 5. The first-order valence-electron chi connectivity index (χ1n) is 7.01. The van der Waals surface area contributed by atoms with Crippen molar-refractivity contribution in [2.45, 2.75) is 64.7 Å². The van der Waals surface area contributed by atoms with Gasteiger partial charge in [0.1, 0.15) is 5.67 Å². The van der Waals surface area contributed by atoms with E-state index in [1.807, 2.05) is 7.05 Å². The summed E-state index contributed by atoms with van der Waals surface area (Å²) in [5.74, 6) is 0. The normalized spacial score (nSPS) is 23.3. The number of nitrogens with zero attached hydrogens (tertiary/aromatic N) is 2. The third-order valence-electron chi connectivity index (χ3n) is 4.30. The molecule has 2 nitrogen and oxygen atoms in total. The summed E-state index contributed by atoms with van der Waals surface area (Å²) in [7, 11) is 2.05. The summed E-state index contributed by atoms with van der Waals surface area (Å²) in [4.78, 5) is 4.55. The fourth-order valence-electron chi connectivity index (χ4n) is 2.51. The molecule has 1 heterocycles. The van der Waals surface area contributed by atoms with Crippen LogP contribution in [0.15, 0.2) is 0 Å². The molecule has 1 aliphatic rings. The fraction of sp³-hybridized carbons (Fsp3) is 1.00. The highest BCUT2D eigenvalue weighted by molar-refractivity contribution is 4.90. The third kappa shape index (κ3) is 4.22. The first-order chi connectivity index (χ1) is 7.88. The lowest BCUT2D eigenvalue weighted by atomic mass is 9.91. The minimum atomic E-state index is -0.969. The van der Waals surface area contributed by atoms with E-state index in [1.165, 1.54) is 0 Å². The highest BCUT2D eigenvalue weighted by Crippen LogP contribution is 2.28. The number of hydrogen-bond donors (Lipinski definition) is 0. The Morgan fingerprint density at radius 1 is 1.24 bits per heavy atom. The van der Waals surface area contributed by atoms with Crippen molar-refractivity contribution in [2.75, 3.05) is 26.7 Å². The van der Waals surface area contributed by atoms with Gasteiger partial charge in [-0.2, -0.15) is 0 Å². The topological polar surface area (TPSA) is 6.48 Å². The zero-order chi connectivity index (χ0) is 13.1. The SMILES string of the molecule is CCC(C)N(C)CC1(F)CCN(C(C)C)CC1. The maximum atomic E-state index is 14.7. The van der Waals surface area contributed by atoms with Crippen LogP contribution >= 0.6 is 0 Å². The zero-order valence-electron chi connectivity index (χ0n) is 12.2. The molecule has 0 radical (unpaired) electrons. The Labute approximate surface area is 106 Å². The molecule has 17 heavy (non-hydrogen) atoms. The molecule has 1 rings (SSSR count). The van der Waals surface area contributed by atoms with Gasteiger partial charge in [0.15, 0.2) is 0 Å². The van der Waals surface area contributed by atoms with Crippen molar-refractivity contribution in [1.29, 1.82) is 0 Å². The Morgan fingerprint density at radius 2 is 1.76 bits per heavy atom. The highest BCUT2D eigenvalue weighted by atomic mass is 19.1. The molecule has 0 aromatic rings. The second-order valence-electron chi connectivity index (χ2n) is 5.95. The molecule has 1 aliphatic heterocycles. The van der Waals surface area contributed by atoms with Crippen LogP contribution < -0.4 is 0 Å². The Kier molecular flexibility index (Phi) is 5.39. The number of halogens is 1. The smallest absolute Gasteiger partial charge is 0.126 e.